The van der Waals surface area contributed by atoms with Crippen molar-refractivity contribution in [3.05, 3.63) is 66.4 Å². The molecule has 0 saturated heterocycles. The Kier molecular flexibility index (Phi) is 3.06. The third-order valence-corrected chi connectivity index (χ3v) is 3.66. The highest BCUT2D eigenvalue weighted by atomic mass is 14.7. The van der Waals surface area contributed by atoms with Crippen LogP contribution >= 0.6 is 0 Å². The Hall–Kier alpha value is -2.15. The summed E-state index contributed by atoms with van der Waals surface area (Å²) in [6.45, 7) is 6.71. The van der Waals surface area contributed by atoms with Crippen LogP contribution in [0.2, 0.25) is 0 Å². The molecule has 0 N–H and O–H groups in total. The molecule has 1 heteroatoms. The van der Waals surface area contributed by atoms with Gasteiger partial charge in [-0.3, -0.25) is 4.98 Å². The molecule has 0 amide bonds. The Balaban J connectivity index is 2.10. The lowest BCUT2D eigenvalue weighted by molar-refractivity contribution is 0.591. The van der Waals surface area contributed by atoms with Gasteiger partial charge in [0.25, 0.3) is 0 Å². The number of rotatable bonds is 1. The zero-order valence-corrected chi connectivity index (χ0v) is 12.2. The van der Waals surface area contributed by atoms with Gasteiger partial charge in [-0.25, -0.2) is 0 Å². The Morgan fingerprint density at radius 3 is 2.25 bits per heavy atom. The van der Waals surface area contributed by atoms with Crippen LogP contribution in [-0.4, -0.2) is 4.98 Å². The third-order valence-electron chi connectivity index (χ3n) is 3.66. The summed E-state index contributed by atoms with van der Waals surface area (Å²) >= 11 is 0. The second-order valence-electron chi connectivity index (χ2n) is 6.25. The first kappa shape index (κ1) is 12.9. The lowest BCUT2D eigenvalue weighted by atomic mass is 9.86. The highest BCUT2D eigenvalue weighted by Gasteiger charge is 2.13. The second-order valence-corrected chi connectivity index (χ2v) is 6.25. The minimum absolute atomic E-state index is 0.173. The van der Waals surface area contributed by atoms with Gasteiger partial charge in [0.2, 0.25) is 0 Å². The summed E-state index contributed by atoms with van der Waals surface area (Å²) in [5, 5.41) is 2.45. The normalized spacial score (nSPS) is 11.8. The fourth-order valence-electron chi connectivity index (χ4n) is 2.37. The Morgan fingerprint density at radius 1 is 0.800 bits per heavy atom. The molecule has 0 unspecified atom stereocenters. The number of nitrogens with zero attached hydrogens (tertiary/aromatic N) is 1. The van der Waals surface area contributed by atoms with Crippen molar-refractivity contribution in [3.63, 3.8) is 0 Å². The molecule has 1 heterocycles. The maximum Gasteiger partial charge on any atom is 0.0708 e. The van der Waals surface area contributed by atoms with Gasteiger partial charge in [0.05, 0.1) is 5.69 Å². The molecule has 0 bridgehead atoms. The maximum atomic E-state index is 4.60. The standard InChI is InChI=1S/C19H19N/c1-19(2,3)17-10-9-15-12-18(20-13-16(15)11-17)14-7-5-4-6-8-14/h4-13H,1-3H3. The van der Waals surface area contributed by atoms with E-state index in [0.717, 1.165) is 11.3 Å². The van der Waals surface area contributed by atoms with E-state index in [4.69, 9.17) is 0 Å². The number of hydrogen-bond donors (Lipinski definition) is 0. The Bertz CT molecular complexity index is 737. The van der Waals surface area contributed by atoms with Gasteiger partial charge in [-0.15, -0.1) is 0 Å². The van der Waals surface area contributed by atoms with E-state index >= 15 is 0 Å². The fraction of sp³-hybridized carbons (Fsp3) is 0.211. The number of fused-ring (bicyclic) bond motifs is 1. The molecule has 0 aliphatic heterocycles. The summed E-state index contributed by atoms with van der Waals surface area (Å²) in [6, 6.07) is 19.1. The summed E-state index contributed by atoms with van der Waals surface area (Å²) in [4.78, 5) is 4.60. The zero-order valence-electron chi connectivity index (χ0n) is 12.2. The Morgan fingerprint density at radius 2 is 1.55 bits per heavy atom. The number of hydrogen-bond acceptors (Lipinski definition) is 1. The van der Waals surface area contributed by atoms with Crippen LogP contribution in [0.1, 0.15) is 26.3 Å². The van der Waals surface area contributed by atoms with Crippen LogP contribution in [0.25, 0.3) is 22.0 Å². The van der Waals surface area contributed by atoms with Crippen molar-refractivity contribution in [2.24, 2.45) is 0 Å². The lowest BCUT2D eigenvalue weighted by Crippen LogP contribution is -2.10. The second kappa shape index (κ2) is 4.75. The van der Waals surface area contributed by atoms with Crippen molar-refractivity contribution in [1.82, 2.24) is 4.98 Å². The van der Waals surface area contributed by atoms with Gasteiger partial charge < -0.3 is 0 Å². The summed E-state index contributed by atoms with van der Waals surface area (Å²) in [7, 11) is 0. The van der Waals surface area contributed by atoms with E-state index in [1.165, 1.54) is 16.3 Å². The van der Waals surface area contributed by atoms with Gasteiger partial charge in [0, 0.05) is 17.1 Å². The predicted octanol–water partition coefficient (Wildman–Crippen LogP) is 5.20. The van der Waals surface area contributed by atoms with Gasteiger partial charge in [-0.05, 0) is 28.5 Å². The topological polar surface area (TPSA) is 12.9 Å². The van der Waals surface area contributed by atoms with Crippen LogP contribution in [0.5, 0.6) is 0 Å². The van der Waals surface area contributed by atoms with Crippen molar-refractivity contribution in [3.8, 4) is 11.3 Å². The van der Waals surface area contributed by atoms with E-state index in [9.17, 15) is 0 Å². The van der Waals surface area contributed by atoms with Gasteiger partial charge in [-0.2, -0.15) is 0 Å². The Labute approximate surface area is 120 Å². The van der Waals surface area contributed by atoms with Gasteiger partial charge >= 0.3 is 0 Å². The van der Waals surface area contributed by atoms with E-state index in [1.807, 2.05) is 24.4 Å². The van der Waals surface area contributed by atoms with Crippen LogP contribution in [-0.2, 0) is 5.41 Å². The van der Waals surface area contributed by atoms with Crippen molar-refractivity contribution >= 4 is 10.8 Å². The maximum absolute atomic E-state index is 4.60. The molecule has 20 heavy (non-hydrogen) atoms. The SMILES string of the molecule is CC(C)(C)c1ccc2cc(-c3ccccc3)ncc2c1. The smallest absolute Gasteiger partial charge is 0.0708 e. The molecule has 3 aromatic rings. The average Bonchev–Trinajstić information content (AvgIpc) is 2.46. The molecule has 0 fully saturated rings. The minimum Gasteiger partial charge on any atom is -0.256 e. The van der Waals surface area contributed by atoms with E-state index in [1.54, 1.807) is 0 Å². The molecule has 1 nitrogen and oxygen atoms in total. The van der Waals surface area contributed by atoms with E-state index in [2.05, 4.69) is 62.2 Å². The third kappa shape index (κ3) is 2.44. The molecule has 100 valence electrons. The molecule has 3 rings (SSSR count). The molecule has 2 aromatic carbocycles. The molecule has 0 atom stereocenters. The van der Waals surface area contributed by atoms with Crippen molar-refractivity contribution < 1.29 is 0 Å². The quantitative estimate of drug-likeness (QED) is 0.586. The number of pyridine rings is 1. The van der Waals surface area contributed by atoms with Crippen molar-refractivity contribution in [1.29, 1.82) is 0 Å². The van der Waals surface area contributed by atoms with Crippen LogP contribution in [0, 0.1) is 0 Å². The van der Waals surface area contributed by atoms with Crippen LogP contribution in [0.3, 0.4) is 0 Å². The van der Waals surface area contributed by atoms with Crippen molar-refractivity contribution in [2.75, 3.05) is 0 Å². The van der Waals surface area contributed by atoms with Crippen LogP contribution in [0.4, 0.5) is 0 Å². The summed E-state index contributed by atoms with van der Waals surface area (Å²) < 4.78 is 0. The van der Waals surface area contributed by atoms with E-state index in [0.29, 0.717) is 0 Å². The highest BCUT2D eigenvalue weighted by molar-refractivity contribution is 5.86. The fourth-order valence-corrected chi connectivity index (χ4v) is 2.37. The first-order valence-electron chi connectivity index (χ1n) is 7.00. The molecular weight excluding hydrogens is 242 g/mol. The molecule has 1 aromatic heterocycles. The van der Waals surface area contributed by atoms with Gasteiger partial charge in [0.1, 0.15) is 0 Å². The van der Waals surface area contributed by atoms with Crippen LogP contribution in [0.15, 0.2) is 60.8 Å². The van der Waals surface area contributed by atoms with Gasteiger partial charge in [0.15, 0.2) is 0 Å². The molecule has 0 radical (unpaired) electrons. The predicted molar refractivity (Wildman–Crippen MR) is 85.9 cm³/mol. The molecule has 0 saturated carbocycles. The minimum atomic E-state index is 0.173. The van der Waals surface area contributed by atoms with Crippen LogP contribution < -0.4 is 0 Å². The monoisotopic (exact) mass is 261 g/mol. The lowest BCUT2D eigenvalue weighted by Gasteiger charge is -2.19. The molecular formula is C19H19N. The summed E-state index contributed by atoms with van der Waals surface area (Å²) in [5.74, 6) is 0. The first-order valence-corrected chi connectivity index (χ1v) is 7.00. The largest absolute Gasteiger partial charge is 0.256 e. The van der Waals surface area contributed by atoms with Crippen molar-refractivity contribution in [2.45, 2.75) is 26.2 Å². The van der Waals surface area contributed by atoms with Gasteiger partial charge in [-0.1, -0.05) is 63.2 Å². The summed E-state index contributed by atoms with van der Waals surface area (Å²) in [5.41, 5.74) is 3.71. The van der Waals surface area contributed by atoms with E-state index < -0.39 is 0 Å². The molecule has 0 aliphatic rings. The first-order chi connectivity index (χ1) is 9.54. The summed E-state index contributed by atoms with van der Waals surface area (Å²) in [6.07, 6.45) is 1.98. The highest BCUT2D eigenvalue weighted by Crippen LogP contribution is 2.27. The molecule has 0 aliphatic carbocycles. The van der Waals surface area contributed by atoms with E-state index in [-0.39, 0.29) is 5.41 Å². The molecule has 0 spiro atoms. The number of aromatic nitrogens is 1. The average molecular weight is 261 g/mol. The number of benzene rings is 2. The zero-order chi connectivity index (χ0) is 14.2.